The van der Waals surface area contributed by atoms with Crippen LogP contribution in [0.5, 0.6) is 5.75 Å². The maximum atomic E-state index is 11.0. The normalized spacial score (nSPS) is 14.1. The summed E-state index contributed by atoms with van der Waals surface area (Å²) in [6.45, 7) is 5.90. The van der Waals surface area contributed by atoms with Gasteiger partial charge in [-0.15, -0.1) is 0 Å². The lowest BCUT2D eigenvalue weighted by Crippen LogP contribution is -2.26. The molecule has 0 spiro atoms. The van der Waals surface area contributed by atoms with Crippen LogP contribution in [0, 0.1) is 0 Å². The average molecular weight is 271 g/mol. The van der Waals surface area contributed by atoms with Crippen LogP contribution in [0.1, 0.15) is 38.3 Å². The minimum absolute atomic E-state index is 0.0819. The van der Waals surface area contributed by atoms with Crippen molar-refractivity contribution in [3.8, 4) is 5.75 Å². The van der Waals surface area contributed by atoms with Crippen LogP contribution in [0.2, 0.25) is 0 Å². The fourth-order valence-corrected chi connectivity index (χ4v) is 2.27. The molecule has 0 aliphatic rings. The molecule has 0 saturated carbocycles. The van der Waals surface area contributed by atoms with Gasteiger partial charge >= 0.3 is 0 Å². The van der Waals surface area contributed by atoms with Crippen molar-refractivity contribution < 1.29 is 9.84 Å². The highest BCUT2D eigenvalue weighted by Gasteiger charge is 2.30. The predicted molar refractivity (Wildman–Crippen MR) is 79.7 cm³/mol. The molecule has 1 aromatic carbocycles. The maximum Gasteiger partial charge on any atom is 0.138 e. The molecule has 1 N–H and O–H groups in total. The molecule has 1 heterocycles. The highest BCUT2D eigenvalue weighted by Crippen LogP contribution is 2.33. The van der Waals surface area contributed by atoms with Crippen LogP contribution < -0.4 is 4.74 Å². The maximum absolute atomic E-state index is 11.0. The minimum atomic E-state index is -1.04. The molecule has 2 aromatic rings. The monoisotopic (exact) mass is 271 g/mol. The van der Waals surface area contributed by atoms with E-state index in [1.54, 1.807) is 12.4 Å². The van der Waals surface area contributed by atoms with Crippen molar-refractivity contribution in [1.29, 1.82) is 0 Å². The van der Waals surface area contributed by atoms with Gasteiger partial charge in [-0.1, -0.05) is 37.3 Å². The van der Waals surface area contributed by atoms with Crippen LogP contribution in [-0.2, 0) is 5.60 Å². The Labute approximate surface area is 120 Å². The van der Waals surface area contributed by atoms with Gasteiger partial charge in [-0.2, -0.15) is 0 Å². The van der Waals surface area contributed by atoms with Gasteiger partial charge in [0.25, 0.3) is 0 Å². The lowest BCUT2D eigenvalue weighted by Gasteiger charge is -2.28. The standard InChI is InChI=1S/C17H21NO2/c1-4-17(19,14-8-6-5-7-9-14)15-10-16(12-18-11-15)20-13(2)3/h5-13,19H,4H2,1-3H3. The first kappa shape index (κ1) is 14.5. The second kappa shape index (κ2) is 6.06. The SMILES string of the molecule is CCC(O)(c1ccccc1)c1cncc(OC(C)C)c1. The Balaban J connectivity index is 2.41. The van der Waals surface area contributed by atoms with E-state index in [2.05, 4.69) is 4.98 Å². The van der Waals surface area contributed by atoms with Gasteiger partial charge in [0, 0.05) is 11.8 Å². The molecule has 20 heavy (non-hydrogen) atoms. The molecule has 0 saturated heterocycles. The molecule has 1 atom stereocenters. The zero-order valence-electron chi connectivity index (χ0n) is 12.2. The van der Waals surface area contributed by atoms with E-state index >= 15 is 0 Å². The number of pyridine rings is 1. The number of nitrogens with zero attached hydrogens (tertiary/aromatic N) is 1. The number of rotatable bonds is 5. The number of hydrogen-bond acceptors (Lipinski definition) is 3. The summed E-state index contributed by atoms with van der Waals surface area (Å²) in [7, 11) is 0. The third-order valence-corrected chi connectivity index (χ3v) is 3.33. The van der Waals surface area contributed by atoms with Gasteiger partial charge in [-0.3, -0.25) is 4.98 Å². The van der Waals surface area contributed by atoms with Gasteiger partial charge in [0.05, 0.1) is 12.3 Å². The van der Waals surface area contributed by atoms with Crippen LogP contribution >= 0.6 is 0 Å². The Kier molecular flexibility index (Phi) is 4.40. The number of aromatic nitrogens is 1. The number of hydrogen-bond donors (Lipinski definition) is 1. The van der Waals surface area contributed by atoms with Crippen molar-refractivity contribution in [2.75, 3.05) is 0 Å². The first-order valence-corrected chi connectivity index (χ1v) is 6.96. The molecule has 0 amide bonds. The Morgan fingerprint density at radius 3 is 2.45 bits per heavy atom. The van der Waals surface area contributed by atoms with E-state index < -0.39 is 5.60 Å². The average Bonchev–Trinajstić information content (AvgIpc) is 2.47. The van der Waals surface area contributed by atoms with Crippen LogP contribution in [0.3, 0.4) is 0 Å². The molecule has 0 radical (unpaired) electrons. The topological polar surface area (TPSA) is 42.4 Å². The Morgan fingerprint density at radius 1 is 1.15 bits per heavy atom. The third kappa shape index (κ3) is 2.99. The van der Waals surface area contributed by atoms with Gasteiger partial charge in [-0.05, 0) is 31.9 Å². The largest absolute Gasteiger partial charge is 0.489 e. The summed E-state index contributed by atoms with van der Waals surface area (Å²) < 4.78 is 5.66. The summed E-state index contributed by atoms with van der Waals surface area (Å²) >= 11 is 0. The summed E-state index contributed by atoms with van der Waals surface area (Å²) in [6.07, 6.45) is 4.02. The van der Waals surface area contributed by atoms with Gasteiger partial charge in [0.2, 0.25) is 0 Å². The summed E-state index contributed by atoms with van der Waals surface area (Å²) in [6, 6.07) is 11.5. The van der Waals surface area contributed by atoms with Crippen LogP contribution in [0.15, 0.2) is 48.8 Å². The van der Waals surface area contributed by atoms with Crippen LogP contribution in [0.4, 0.5) is 0 Å². The van der Waals surface area contributed by atoms with Crippen LogP contribution in [-0.4, -0.2) is 16.2 Å². The van der Waals surface area contributed by atoms with E-state index in [9.17, 15) is 5.11 Å². The van der Waals surface area contributed by atoms with Gasteiger partial charge in [0.15, 0.2) is 0 Å². The Bertz CT molecular complexity index is 554. The Morgan fingerprint density at radius 2 is 1.85 bits per heavy atom. The van der Waals surface area contributed by atoms with E-state index in [4.69, 9.17) is 4.74 Å². The molecule has 2 rings (SSSR count). The van der Waals surface area contributed by atoms with Crippen molar-refractivity contribution in [3.63, 3.8) is 0 Å². The molecule has 3 nitrogen and oxygen atoms in total. The first-order chi connectivity index (χ1) is 9.56. The number of benzene rings is 1. The molecule has 0 bridgehead atoms. The summed E-state index contributed by atoms with van der Waals surface area (Å²) in [4.78, 5) is 4.19. The summed E-state index contributed by atoms with van der Waals surface area (Å²) in [5.74, 6) is 0.681. The van der Waals surface area contributed by atoms with E-state index in [0.717, 1.165) is 11.1 Å². The Hall–Kier alpha value is -1.87. The van der Waals surface area contributed by atoms with Crippen molar-refractivity contribution in [3.05, 3.63) is 59.9 Å². The van der Waals surface area contributed by atoms with Crippen molar-refractivity contribution in [1.82, 2.24) is 4.98 Å². The first-order valence-electron chi connectivity index (χ1n) is 6.96. The fraction of sp³-hybridized carbons (Fsp3) is 0.353. The molecular formula is C17H21NO2. The van der Waals surface area contributed by atoms with Crippen molar-refractivity contribution in [2.24, 2.45) is 0 Å². The zero-order chi connectivity index (χ0) is 14.6. The second-order valence-corrected chi connectivity index (χ2v) is 5.16. The minimum Gasteiger partial charge on any atom is -0.489 e. The van der Waals surface area contributed by atoms with E-state index in [1.165, 1.54) is 0 Å². The molecule has 0 fully saturated rings. The van der Waals surface area contributed by atoms with E-state index in [0.29, 0.717) is 12.2 Å². The molecule has 0 aliphatic heterocycles. The quantitative estimate of drug-likeness (QED) is 0.904. The smallest absolute Gasteiger partial charge is 0.138 e. The summed E-state index contributed by atoms with van der Waals surface area (Å²) in [5, 5.41) is 11.0. The van der Waals surface area contributed by atoms with Gasteiger partial charge in [0.1, 0.15) is 11.4 Å². The fourth-order valence-electron chi connectivity index (χ4n) is 2.27. The predicted octanol–water partition coefficient (Wildman–Crippen LogP) is 3.51. The molecule has 1 aromatic heterocycles. The highest BCUT2D eigenvalue weighted by atomic mass is 16.5. The van der Waals surface area contributed by atoms with E-state index in [1.807, 2.05) is 57.2 Å². The molecule has 1 unspecified atom stereocenters. The molecule has 0 aliphatic carbocycles. The third-order valence-electron chi connectivity index (χ3n) is 3.33. The van der Waals surface area contributed by atoms with Crippen molar-refractivity contribution in [2.45, 2.75) is 38.9 Å². The highest BCUT2D eigenvalue weighted by molar-refractivity contribution is 5.37. The molecule has 106 valence electrons. The lowest BCUT2D eigenvalue weighted by molar-refractivity contribution is 0.0756. The zero-order valence-corrected chi connectivity index (χ0v) is 12.2. The number of ether oxygens (including phenoxy) is 1. The molecular weight excluding hydrogens is 250 g/mol. The van der Waals surface area contributed by atoms with Gasteiger partial charge in [-0.25, -0.2) is 0 Å². The van der Waals surface area contributed by atoms with E-state index in [-0.39, 0.29) is 6.10 Å². The van der Waals surface area contributed by atoms with Gasteiger partial charge < -0.3 is 9.84 Å². The number of aliphatic hydroxyl groups is 1. The molecule has 3 heteroatoms. The summed E-state index contributed by atoms with van der Waals surface area (Å²) in [5.41, 5.74) is 0.584. The van der Waals surface area contributed by atoms with Crippen LogP contribution in [0.25, 0.3) is 0 Å². The lowest BCUT2D eigenvalue weighted by atomic mass is 9.85. The van der Waals surface area contributed by atoms with Crippen molar-refractivity contribution >= 4 is 0 Å². The second-order valence-electron chi connectivity index (χ2n) is 5.16.